The minimum atomic E-state index is -3.27. The van der Waals surface area contributed by atoms with E-state index in [0.29, 0.717) is 35.5 Å². The third kappa shape index (κ3) is 5.10. The minimum absolute atomic E-state index is 0.182. The molecular weight excluding hydrogens is 527 g/mol. The lowest BCUT2D eigenvalue weighted by Gasteiger charge is -2.52. The van der Waals surface area contributed by atoms with Gasteiger partial charge in [0.2, 0.25) is 0 Å². The summed E-state index contributed by atoms with van der Waals surface area (Å²) in [5.41, 5.74) is 3.10. The number of aromatic nitrogens is 2. The first-order chi connectivity index (χ1) is 19.1. The summed E-state index contributed by atoms with van der Waals surface area (Å²) < 4.78 is 46.6. The molecule has 9 heteroatoms. The molecule has 0 amide bonds. The normalized spacial score (nSPS) is 25.9. The number of rotatable bonds is 6. The second-order valence-electron chi connectivity index (χ2n) is 12.1. The predicted octanol–water partition coefficient (Wildman–Crippen LogP) is 4.99. The van der Waals surface area contributed by atoms with Crippen LogP contribution in [0.1, 0.15) is 57.4 Å². The fourth-order valence-corrected chi connectivity index (χ4v) is 7.99. The molecule has 3 atom stereocenters. The summed E-state index contributed by atoms with van der Waals surface area (Å²) in [7, 11) is -1.33. The number of sulfone groups is 1. The van der Waals surface area contributed by atoms with E-state index in [-0.39, 0.29) is 16.6 Å². The number of halogens is 1. The largest absolute Gasteiger partial charge is 0.378 e. The number of hydrogen-bond donors (Lipinski definition) is 0. The highest BCUT2D eigenvalue weighted by Crippen LogP contribution is 2.37. The Kier molecular flexibility index (Phi) is 7.52. The lowest BCUT2D eigenvalue weighted by molar-refractivity contribution is -0.115. The van der Waals surface area contributed by atoms with Gasteiger partial charge in [0.15, 0.2) is 9.84 Å². The van der Waals surface area contributed by atoms with Crippen LogP contribution in [-0.4, -0.2) is 84.5 Å². The molecule has 0 bridgehead atoms. The van der Waals surface area contributed by atoms with E-state index in [1.54, 1.807) is 30.3 Å². The molecule has 6 rings (SSSR count). The maximum Gasteiger partial charge on any atom is 0.175 e. The smallest absolute Gasteiger partial charge is 0.175 e. The van der Waals surface area contributed by atoms with E-state index in [1.807, 2.05) is 17.7 Å². The molecular formula is C31H41FN4O3S. The standard InChI is InChI=1S/C31H41FN4O3S/c1-5-23-15-24(14-20(2)36(23)25-18-39-19-25)35-12-10-21(11-13-35)27-16-30-29(17-28(27)32)33-31(34(30)3)22-6-8-26(9-7-22)40(4,37)38/h6-9,16-17,20-21,23-25H,5,10-15,18-19H2,1-4H3. The van der Waals surface area contributed by atoms with Crippen molar-refractivity contribution in [2.24, 2.45) is 7.05 Å². The van der Waals surface area contributed by atoms with Gasteiger partial charge < -0.3 is 14.2 Å². The summed E-state index contributed by atoms with van der Waals surface area (Å²) in [5, 5.41) is 0. The molecule has 0 radical (unpaired) electrons. The fraction of sp³-hybridized carbons (Fsp3) is 0.581. The number of hydrogen-bond acceptors (Lipinski definition) is 6. The molecule has 2 aromatic carbocycles. The van der Waals surface area contributed by atoms with Gasteiger partial charge in [0.1, 0.15) is 11.6 Å². The number of imidazole rings is 1. The predicted molar refractivity (Wildman–Crippen MR) is 156 cm³/mol. The first kappa shape index (κ1) is 27.8. The molecule has 1 aromatic heterocycles. The monoisotopic (exact) mass is 568 g/mol. The van der Waals surface area contributed by atoms with Gasteiger partial charge in [0.05, 0.1) is 35.2 Å². The molecule has 4 heterocycles. The Bertz CT molecular complexity index is 1480. The highest BCUT2D eigenvalue weighted by atomic mass is 32.2. The zero-order valence-electron chi connectivity index (χ0n) is 24.0. The Labute approximate surface area is 237 Å². The minimum Gasteiger partial charge on any atom is -0.378 e. The molecule has 0 spiro atoms. The van der Waals surface area contributed by atoms with Crippen molar-refractivity contribution in [1.29, 1.82) is 0 Å². The van der Waals surface area contributed by atoms with Crippen LogP contribution in [0, 0.1) is 5.82 Å². The third-order valence-corrected chi connectivity index (χ3v) is 10.8. The average molecular weight is 569 g/mol. The maximum absolute atomic E-state index is 15.4. The molecule has 3 saturated heterocycles. The van der Waals surface area contributed by atoms with Gasteiger partial charge >= 0.3 is 0 Å². The quantitative estimate of drug-likeness (QED) is 0.417. The van der Waals surface area contributed by atoms with E-state index in [0.717, 1.165) is 55.8 Å². The lowest BCUT2D eigenvalue weighted by atomic mass is 9.84. The Morgan fingerprint density at radius 1 is 1.05 bits per heavy atom. The zero-order chi connectivity index (χ0) is 28.2. The number of fused-ring (bicyclic) bond motifs is 1. The van der Waals surface area contributed by atoms with Crippen molar-refractivity contribution < 1.29 is 17.5 Å². The van der Waals surface area contributed by atoms with E-state index in [9.17, 15) is 8.42 Å². The van der Waals surface area contributed by atoms with Crippen LogP contribution in [0.4, 0.5) is 4.39 Å². The van der Waals surface area contributed by atoms with E-state index in [2.05, 4.69) is 23.6 Å². The molecule has 0 N–H and O–H groups in total. The topological polar surface area (TPSA) is 67.7 Å². The number of nitrogens with zero attached hydrogens (tertiary/aromatic N) is 4. The van der Waals surface area contributed by atoms with Gasteiger partial charge in [0.25, 0.3) is 0 Å². The van der Waals surface area contributed by atoms with Crippen molar-refractivity contribution >= 4 is 20.9 Å². The van der Waals surface area contributed by atoms with Gasteiger partial charge in [0, 0.05) is 43.1 Å². The van der Waals surface area contributed by atoms with Crippen LogP contribution in [0.3, 0.4) is 0 Å². The Morgan fingerprint density at radius 3 is 2.35 bits per heavy atom. The Balaban J connectivity index is 1.17. The fourth-order valence-electron chi connectivity index (χ4n) is 7.36. The van der Waals surface area contributed by atoms with Crippen LogP contribution in [0.15, 0.2) is 41.3 Å². The van der Waals surface area contributed by atoms with Gasteiger partial charge in [-0.15, -0.1) is 0 Å². The molecule has 3 aromatic rings. The van der Waals surface area contributed by atoms with Crippen molar-refractivity contribution in [2.75, 3.05) is 32.6 Å². The van der Waals surface area contributed by atoms with E-state index in [4.69, 9.17) is 9.72 Å². The Hall–Kier alpha value is -2.33. The second kappa shape index (κ2) is 10.8. The zero-order valence-corrected chi connectivity index (χ0v) is 24.8. The van der Waals surface area contributed by atoms with Crippen molar-refractivity contribution in [3.8, 4) is 11.4 Å². The molecule has 3 unspecified atom stereocenters. The van der Waals surface area contributed by atoms with Gasteiger partial charge in [-0.3, -0.25) is 4.90 Å². The van der Waals surface area contributed by atoms with E-state index < -0.39 is 9.84 Å². The van der Waals surface area contributed by atoms with Crippen LogP contribution < -0.4 is 0 Å². The van der Waals surface area contributed by atoms with E-state index in [1.165, 1.54) is 25.5 Å². The van der Waals surface area contributed by atoms with Gasteiger partial charge in [-0.05, 0) is 93.9 Å². The summed E-state index contributed by atoms with van der Waals surface area (Å²) >= 11 is 0. The molecule has 40 heavy (non-hydrogen) atoms. The number of ether oxygens (including phenoxy) is 1. The summed E-state index contributed by atoms with van der Waals surface area (Å²) in [6, 6.07) is 12.6. The van der Waals surface area contributed by atoms with Crippen molar-refractivity contribution in [3.63, 3.8) is 0 Å². The molecule has 0 aliphatic carbocycles. The van der Waals surface area contributed by atoms with Crippen molar-refractivity contribution in [3.05, 3.63) is 47.8 Å². The van der Waals surface area contributed by atoms with E-state index >= 15 is 4.39 Å². The summed E-state index contributed by atoms with van der Waals surface area (Å²) in [4.78, 5) is 10.4. The molecule has 3 fully saturated rings. The third-order valence-electron chi connectivity index (χ3n) is 9.63. The van der Waals surface area contributed by atoms with Crippen LogP contribution in [-0.2, 0) is 21.6 Å². The van der Waals surface area contributed by atoms with Gasteiger partial charge in [-0.2, -0.15) is 0 Å². The highest BCUT2D eigenvalue weighted by Gasteiger charge is 2.41. The maximum atomic E-state index is 15.4. The van der Waals surface area contributed by atoms with Crippen LogP contribution in [0.25, 0.3) is 22.4 Å². The summed E-state index contributed by atoms with van der Waals surface area (Å²) in [6.45, 7) is 8.46. The first-order valence-electron chi connectivity index (χ1n) is 14.7. The van der Waals surface area contributed by atoms with Gasteiger partial charge in [-0.25, -0.2) is 17.8 Å². The van der Waals surface area contributed by atoms with Crippen molar-refractivity contribution in [1.82, 2.24) is 19.4 Å². The number of likely N-dealkylation sites (tertiary alicyclic amines) is 2. The molecule has 3 aliphatic heterocycles. The number of piperidine rings is 2. The molecule has 216 valence electrons. The van der Waals surface area contributed by atoms with Crippen LogP contribution in [0.5, 0.6) is 0 Å². The highest BCUT2D eigenvalue weighted by molar-refractivity contribution is 7.90. The SMILES string of the molecule is CCC1CC(N2CCC(c3cc4c(cc3F)nc(-c3ccc(S(C)(=O)=O)cc3)n4C)CC2)CC(C)N1C1COC1. The second-order valence-corrected chi connectivity index (χ2v) is 14.2. The van der Waals surface area contributed by atoms with Crippen LogP contribution >= 0.6 is 0 Å². The average Bonchev–Trinajstić information content (AvgIpc) is 3.22. The van der Waals surface area contributed by atoms with Crippen molar-refractivity contribution in [2.45, 2.75) is 80.9 Å². The lowest BCUT2D eigenvalue weighted by Crippen LogP contribution is -2.62. The van der Waals surface area contributed by atoms with Gasteiger partial charge in [-0.1, -0.05) is 6.92 Å². The Morgan fingerprint density at radius 2 is 1.75 bits per heavy atom. The molecule has 0 saturated carbocycles. The molecule has 7 nitrogen and oxygen atoms in total. The summed E-state index contributed by atoms with van der Waals surface area (Å²) in [5.74, 6) is 0.708. The first-order valence-corrected chi connectivity index (χ1v) is 16.6. The van der Waals surface area contributed by atoms with Crippen LogP contribution in [0.2, 0.25) is 0 Å². The number of aryl methyl sites for hydroxylation is 1. The number of benzene rings is 2. The summed E-state index contributed by atoms with van der Waals surface area (Å²) in [6.07, 6.45) is 6.70. The molecule has 3 aliphatic rings.